The van der Waals surface area contributed by atoms with Crippen LogP contribution in [0.25, 0.3) is 0 Å². The van der Waals surface area contributed by atoms with Crippen LogP contribution in [0.3, 0.4) is 0 Å². The molecule has 0 fully saturated rings. The van der Waals surface area contributed by atoms with Gasteiger partial charge in [-0.15, -0.1) is 0 Å². The number of carbonyl (C=O) groups is 2. The van der Waals surface area contributed by atoms with Crippen LogP contribution in [-0.4, -0.2) is 39.2 Å². The molecule has 0 aliphatic heterocycles. The van der Waals surface area contributed by atoms with Crippen molar-refractivity contribution in [3.8, 4) is 11.5 Å². The SMILES string of the molecule is COC(=O)c1cccc(OCC(=O)NCCc2ccc(OC)cc2)c1. The van der Waals surface area contributed by atoms with Gasteiger partial charge in [-0.05, 0) is 42.3 Å². The Bertz CT molecular complexity index is 712. The highest BCUT2D eigenvalue weighted by atomic mass is 16.5. The summed E-state index contributed by atoms with van der Waals surface area (Å²) in [5, 5.41) is 2.79. The molecule has 0 aromatic heterocycles. The minimum atomic E-state index is -0.450. The molecule has 0 saturated carbocycles. The Morgan fingerprint density at radius 2 is 1.76 bits per heavy atom. The van der Waals surface area contributed by atoms with Crippen molar-refractivity contribution < 1.29 is 23.8 Å². The molecule has 0 spiro atoms. The van der Waals surface area contributed by atoms with E-state index in [2.05, 4.69) is 10.1 Å². The molecule has 0 bridgehead atoms. The van der Waals surface area contributed by atoms with E-state index in [4.69, 9.17) is 9.47 Å². The Morgan fingerprint density at radius 3 is 2.44 bits per heavy atom. The number of nitrogens with one attached hydrogen (secondary N) is 1. The Hall–Kier alpha value is -3.02. The van der Waals surface area contributed by atoms with Crippen LogP contribution in [-0.2, 0) is 16.0 Å². The quantitative estimate of drug-likeness (QED) is 0.744. The largest absolute Gasteiger partial charge is 0.497 e. The van der Waals surface area contributed by atoms with Gasteiger partial charge < -0.3 is 19.5 Å². The first-order chi connectivity index (χ1) is 12.1. The first-order valence-electron chi connectivity index (χ1n) is 7.83. The molecule has 0 unspecified atom stereocenters. The van der Waals surface area contributed by atoms with Crippen LogP contribution in [0, 0.1) is 0 Å². The summed E-state index contributed by atoms with van der Waals surface area (Å²) in [6.07, 6.45) is 0.716. The molecule has 0 aliphatic carbocycles. The average molecular weight is 343 g/mol. The molecule has 2 aromatic carbocycles. The molecule has 25 heavy (non-hydrogen) atoms. The molecule has 0 aliphatic rings. The van der Waals surface area contributed by atoms with Gasteiger partial charge in [-0.3, -0.25) is 4.79 Å². The molecular weight excluding hydrogens is 322 g/mol. The zero-order valence-electron chi connectivity index (χ0n) is 14.3. The van der Waals surface area contributed by atoms with Crippen molar-refractivity contribution in [3.63, 3.8) is 0 Å². The monoisotopic (exact) mass is 343 g/mol. The number of benzene rings is 2. The smallest absolute Gasteiger partial charge is 0.337 e. The molecule has 2 aromatic rings. The highest BCUT2D eigenvalue weighted by molar-refractivity contribution is 5.89. The molecule has 0 atom stereocenters. The van der Waals surface area contributed by atoms with Crippen molar-refractivity contribution >= 4 is 11.9 Å². The summed E-state index contributed by atoms with van der Waals surface area (Å²) in [7, 11) is 2.93. The van der Waals surface area contributed by atoms with Crippen molar-refractivity contribution in [2.45, 2.75) is 6.42 Å². The Morgan fingerprint density at radius 1 is 1.00 bits per heavy atom. The van der Waals surface area contributed by atoms with Crippen LogP contribution in [0.5, 0.6) is 11.5 Å². The predicted molar refractivity (Wildman–Crippen MR) is 93.0 cm³/mol. The third-order valence-corrected chi connectivity index (χ3v) is 3.52. The van der Waals surface area contributed by atoms with E-state index in [0.717, 1.165) is 11.3 Å². The maximum absolute atomic E-state index is 11.8. The fourth-order valence-electron chi connectivity index (χ4n) is 2.17. The first-order valence-corrected chi connectivity index (χ1v) is 7.83. The number of ether oxygens (including phenoxy) is 3. The third kappa shape index (κ3) is 5.84. The molecule has 2 rings (SSSR count). The van der Waals surface area contributed by atoms with E-state index in [1.54, 1.807) is 25.3 Å². The summed E-state index contributed by atoms with van der Waals surface area (Å²) < 4.78 is 15.1. The van der Waals surface area contributed by atoms with Crippen LogP contribution >= 0.6 is 0 Å². The van der Waals surface area contributed by atoms with Crippen LogP contribution in [0.15, 0.2) is 48.5 Å². The number of amides is 1. The normalized spacial score (nSPS) is 10.0. The highest BCUT2D eigenvalue weighted by Crippen LogP contribution is 2.14. The maximum Gasteiger partial charge on any atom is 0.337 e. The van der Waals surface area contributed by atoms with Gasteiger partial charge in [0.1, 0.15) is 11.5 Å². The summed E-state index contributed by atoms with van der Waals surface area (Å²) in [6, 6.07) is 14.2. The van der Waals surface area contributed by atoms with Gasteiger partial charge in [0.05, 0.1) is 19.8 Å². The minimum absolute atomic E-state index is 0.118. The first kappa shape index (κ1) is 18.3. The number of esters is 1. The van der Waals surface area contributed by atoms with Crippen molar-refractivity contribution in [1.29, 1.82) is 0 Å². The summed E-state index contributed by atoms with van der Waals surface area (Å²) >= 11 is 0. The lowest BCUT2D eigenvalue weighted by atomic mass is 10.1. The van der Waals surface area contributed by atoms with E-state index < -0.39 is 5.97 Å². The van der Waals surface area contributed by atoms with E-state index in [9.17, 15) is 9.59 Å². The zero-order chi connectivity index (χ0) is 18.1. The lowest BCUT2D eigenvalue weighted by molar-refractivity contribution is -0.123. The molecule has 1 amide bonds. The van der Waals surface area contributed by atoms with E-state index in [0.29, 0.717) is 24.3 Å². The zero-order valence-corrected chi connectivity index (χ0v) is 14.3. The van der Waals surface area contributed by atoms with E-state index >= 15 is 0 Å². The Labute approximate surface area is 146 Å². The summed E-state index contributed by atoms with van der Waals surface area (Å²) in [5.41, 5.74) is 1.48. The standard InChI is InChI=1S/C19H21NO5/c1-23-16-8-6-14(7-9-16)10-11-20-18(21)13-25-17-5-3-4-15(12-17)19(22)24-2/h3-9,12H,10-11,13H2,1-2H3,(H,20,21). The number of methoxy groups -OCH3 is 2. The third-order valence-electron chi connectivity index (χ3n) is 3.52. The molecule has 1 N–H and O–H groups in total. The lowest BCUT2D eigenvalue weighted by Crippen LogP contribution is -2.30. The molecule has 0 heterocycles. The second kappa shape index (κ2) is 9.32. The second-order valence-corrected chi connectivity index (χ2v) is 5.26. The van der Waals surface area contributed by atoms with Gasteiger partial charge in [0.15, 0.2) is 6.61 Å². The van der Waals surface area contributed by atoms with Gasteiger partial charge >= 0.3 is 5.97 Å². The van der Waals surface area contributed by atoms with Crippen molar-refractivity contribution in [3.05, 3.63) is 59.7 Å². The molecular formula is C19H21NO5. The number of hydrogen-bond acceptors (Lipinski definition) is 5. The summed E-state index contributed by atoms with van der Waals surface area (Å²) in [4.78, 5) is 23.3. The molecule has 0 radical (unpaired) electrons. The van der Waals surface area contributed by atoms with Crippen LogP contribution < -0.4 is 14.8 Å². The Balaban J connectivity index is 1.74. The predicted octanol–water partition coefficient (Wildman–Crippen LogP) is 2.22. The fourth-order valence-corrected chi connectivity index (χ4v) is 2.17. The molecule has 0 saturated heterocycles. The summed E-state index contributed by atoms with van der Waals surface area (Å²) in [5.74, 6) is 0.565. The van der Waals surface area contributed by atoms with Gasteiger partial charge in [0.2, 0.25) is 0 Å². The Kier molecular flexibility index (Phi) is 6.83. The van der Waals surface area contributed by atoms with Crippen LogP contribution in [0.4, 0.5) is 0 Å². The van der Waals surface area contributed by atoms with Gasteiger partial charge in [0, 0.05) is 6.54 Å². The minimum Gasteiger partial charge on any atom is -0.497 e. The highest BCUT2D eigenvalue weighted by Gasteiger charge is 2.07. The topological polar surface area (TPSA) is 73.9 Å². The van der Waals surface area contributed by atoms with Gasteiger partial charge in [-0.2, -0.15) is 0 Å². The average Bonchev–Trinajstić information content (AvgIpc) is 2.66. The second-order valence-electron chi connectivity index (χ2n) is 5.26. The van der Waals surface area contributed by atoms with Gasteiger partial charge in [0.25, 0.3) is 5.91 Å². The van der Waals surface area contributed by atoms with E-state index in [-0.39, 0.29) is 12.5 Å². The fraction of sp³-hybridized carbons (Fsp3) is 0.263. The maximum atomic E-state index is 11.8. The van der Waals surface area contributed by atoms with E-state index in [1.807, 2.05) is 24.3 Å². The summed E-state index contributed by atoms with van der Waals surface area (Å²) in [6.45, 7) is 0.393. The molecule has 6 heteroatoms. The van der Waals surface area contributed by atoms with Gasteiger partial charge in [-0.1, -0.05) is 18.2 Å². The van der Waals surface area contributed by atoms with Crippen molar-refractivity contribution in [1.82, 2.24) is 5.32 Å². The number of hydrogen-bond donors (Lipinski definition) is 1. The van der Waals surface area contributed by atoms with Gasteiger partial charge in [-0.25, -0.2) is 4.79 Å². The molecule has 6 nitrogen and oxygen atoms in total. The van der Waals surface area contributed by atoms with E-state index in [1.165, 1.54) is 13.2 Å². The lowest BCUT2D eigenvalue weighted by Gasteiger charge is -2.09. The number of rotatable bonds is 8. The van der Waals surface area contributed by atoms with Crippen molar-refractivity contribution in [2.24, 2.45) is 0 Å². The van der Waals surface area contributed by atoms with Crippen LogP contribution in [0.2, 0.25) is 0 Å². The number of carbonyl (C=O) groups excluding carboxylic acids is 2. The van der Waals surface area contributed by atoms with Crippen LogP contribution in [0.1, 0.15) is 15.9 Å². The molecule has 132 valence electrons. The van der Waals surface area contributed by atoms with Crippen molar-refractivity contribution in [2.75, 3.05) is 27.4 Å².